The third kappa shape index (κ3) is 8.72. The van der Waals surface area contributed by atoms with E-state index in [1.165, 1.54) is 43.4 Å². The molecule has 0 aliphatic heterocycles. The molecule has 1 aromatic rings. The third-order valence-electron chi connectivity index (χ3n) is 3.19. The maximum Gasteiger partial charge on any atom is 0.0186 e. The summed E-state index contributed by atoms with van der Waals surface area (Å²) < 4.78 is 1.14. The summed E-state index contributed by atoms with van der Waals surface area (Å²) in [6, 6.07) is 8.76. The summed E-state index contributed by atoms with van der Waals surface area (Å²) in [6.45, 7) is 2.26. The minimum Gasteiger partial charge on any atom is -0.327 e. The summed E-state index contributed by atoms with van der Waals surface area (Å²) in [4.78, 5) is 1.30. The second-order valence-corrected chi connectivity index (χ2v) is 7.09. The molecular weight excluding hydrogens is 318 g/mol. The molecule has 0 radical (unpaired) electrons. The molecule has 0 saturated heterocycles. The van der Waals surface area contributed by atoms with Crippen molar-refractivity contribution in [2.24, 2.45) is 5.73 Å². The van der Waals surface area contributed by atoms with E-state index in [-0.39, 0.29) is 0 Å². The predicted octanol–water partition coefficient (Wildman–Crippen LogP) is 5.62. The Kier molecular flexibility index (Phi) is 9.66. The third-order valence-corrected chi connectivity index (χ3v) is 4.86. The highest BCUT2D eigenvalue weighted by Gasteiger charge is 2.04. The molecule has 0 fully saturated rings. The van der Waals surface area contributed by atoms with E-state index in [0.717, 1.165) is 16.6 Å². The molecule has 1 rings (SSSR count). The Morgan fingerprint density at radius 2 is 1.89 bits per heavy atom. The molecule has 0 amide bonds. The molecule has 0 spiro atoms. The first kappa shape index (κ1) is 17.1. The van der Waals surface area contributed by atoms with Crippen molar-refractivity contribution >= 4 is 27.7 Å². The van der Waals surface area contributed by atoms with Gasteiger partial charge in [0.25, 0.3) is 0 Å². The highest BCUT2D eigenvalue weighted by atomic mass is 79.9. The number of nitrogens with two attached hydrogens (primary N) is 1. The van der Waals surface area contributed by atoms with Gasteiger partial charge in [0.15, 0.2) is 0 Å². The molecule has 0 heterocycles. The Morgan fingerprint density at radius 1 is 1.16 bits per heavy atom. The highest BCUT2D eigenvalue weighted by Crippen LogP contribution is 2.23. The normalized spacial score (nSPS) is 12.6. The average Bonchev–Trinajstić information content (AvgIpc) is 2.40. The van der Waals surface area contributed by atoms with Crippen molar-refractivity contribution < 1.29 is 0 Å². The lowest BCUT2D eigenvalue weighted by molar-refractivity contribution is 0.557. The molecule has 3 heteroatoms. The van der Waals surface area contributed by atoms with Gasteiger partial charge in [-0.3, -0.25) is 0 Å². The van der Waals surface area contributed by atoms with Crippen LogP contribution in [0.3, 0.4) is 0 Å². The maximum absolute atomic E-state index is 6.17. The van der Waals surface area contributed by atoms with E-state index >= 15 is 0 Å². The van der Waals surface area contributed by atoms with Crippen molar-refractivity contribution in [2.45, 2.75) is 62.8 Å². The molecule has 2 N–H and O–H groups in total. The number of hydrogen-bond donors (Lipinski definition) is 1. The van der Waals surface area contributed by atoms with Crippen molar-refractivity contribution in [3.05, 3.63) is 28.7 Å². The molecule has 0 bridgehead atoms. The SMILES string of the molecule is CCCCCCCCC(N)CSc1cccc(Br)c1. The molecule has 0 aliphatic carbocycles. The van der Waals surface area contributed by atoms with Crippen molar-refractivity contribution in [3.8, 4) is 0 Å². The monoisotopic (exact) mass is 343 g/mol. The van der Waals surface area contributed by atoms with E-state index in [9.17, 15) is 0 Å². The van der Waals surface area contributed by atoms with E-state index in [4.69, 9.17) is 5.73 Å². The summed E-state index contributed by atoms with van der Waals surface area (Å²) in [5.41, 5.74) is 6.17. The molecule has 1 unspecified atom stereocenters. The van der Waals surface area contributed by atoms with Gasteiger partial charge >= 0.3 is 0 Å². The fraction of sp³-hybridized carbons (Fsp3) is 0.625. The predicted molar refractivity (Wildman–Crippen MR) is 90.8 cm³/mol. The zero-order chi connectivity index (χ0) is 13.9. The zero-order valence-corrected chi connectivity index (χ0v) is 14.3. The topological polar surface area (TPSA) is 26.0 Å². The minimum atomic E-state index is 0.329. The molecule has 1 atom stereocenters. The smallest absolute Gasteiger partial charge is 0.0186 e. The molecule has 0 aromatic heterocycles. The standard InChI is InChI=1S/C16H26BrNS/c1-2-3-4-5-6-7-10-15(18)13-19-16-11-8-9-14(17)12-16/h8-9,11-12,15H,2-7,10,13,18H2,1H3. The van der Waals surface area contributed by atoms with Gasteiger partial charge in [0.2, 0.25) is 0 Å². The van der Waals surface area contributed by atoms with E-state index in [0.29, 0.717) is 6.04 Å². The first-order valence-corrected chi connectivity index (χ1v) is 9.14. The van der Waals surface area contributed by atoms with Crippen LogP contribution in [-0.2, 0) is 0 Å². The minimum absolute atomic E-state index is 0.329. The highest BCUT2D eigenvalue weighted by molar-refractivity contribution is 9.10. The Morgan fingerprint density at radius 3 is 2.63 bits per heavy atom. The fourth-order valence-electron chi connectivity index (χ4n) is 2.03. The van der Waals surface area contributed by atoms with Crippen LogP contribution >= 0.6 is 27.7 Å². The maximum atomic E-state index is 6.17. The fourth-order valence-corrected chi connectivity index (χ4v) is 3.54. The van der Waals surface area contributed by atoms with Crippen LogP contribution in [0.25, 0.3) is 0 Å². The van der Waals surface area contributed by atoms with Gasteiger partial charge < -0.3 is 5.73 Å². The number of unbranched alkanes of at least 4 members (excludes halogenated alkanes) is 5. The number of benzene rings is 1. The van der Waals surface area contributed by atoms with Gasteiger partial charge in [-0.15, -0.1) is 11.8 Å². The van der Waals surface area contributed by atoms with Gasteiger partial charge in [-0.25, -0.2) is 0 Å². The Hall–Kier alpha value is 0.01000. The number of thioether (sulfide) groups is 1. The van der Waals surface area contributed by atoms with E-state index < -0.39 is 0 Å². The molecule has 1 aromatic carbocycles. The second-order valence-electron chi connectivity index (χ2n) is 5.08. The Labute approximate surface area is 130 Å². The quantitative estimate of drug-likeness (QED) is 0.440. The molecule has 0 saturated carbocycles. The van der Waals surface area contributed by atoms with Crippen LogP contribution in [0, 0.1) is 0 Å². The van der Waals surface area contributed by atoms with Crippen LogP contribution in [-0.4, -0.2) is 11.8 Å². The number of rotatable bonds is 10. The van der Waals surface area contributed by atoms with Crippen LogP contribution in [0.2, 0.25) is 0 Å². The van der Waals surface area contributed by atoms with Gasteiger partial charge in [-0.2, -0.15) is 0 Å². The van der Waals surface area contributed by atoms with Crippen LogP contribution in [0.1, 0.15) is 51.9 Å². The van der Waals surface area contributed by atoms with Crippen molar-refractivity contribution in [3.63, 3.8) is 0 Å². The van der Waals surface area contributed by atoms with Crippen LogP contribution in [0.4, 0.5) is 0 Å². The first-order valence-electron chi connectivity index (χ1n) is 7.36. The summed E-state index contributed by atoms with van der Waals surface area (Å²) in [5, 5.41) is 0. The van der Waals surface area contributed by atoms with Crippen LogP contribution < -0.4 is 5.73 Å². The molecule has 1 nitrogen and oxygen atoms in total. The largest absolute Gasteiger partial charge is 0.327 e. The van der Waals surface area contributed by atoms with Gasteiger partial charge in [-0.1, -0.05) is 67.4 Å². The summed E-state index contributed by atoms with van der Waals surface area (Å²) >= 11 is 5.36. The van der Waals surface area contributed by atoms with Crippen molar-refractivity contribution in [2.75, 3.05) is 5.75 Å². The van der Waals surface area contributed by atoms with E-state index in [1.807, 2.05) is 11.8 Å². The van der Waals surface area contributed by atoms with Gasteiger partial charge in [0, 0.05) is 21.2 Å². The van der Waals surface area contributed by atoms with Gasteiger partial charge in [0.05, 0.1) is 0 Å². The lowest BCUT2D eigenvalue weighted by Crippen LogP contribution is -2.22. The molecule has 108 valence electrons. The van der Waals surface area contributed by atoms with Gasteiger partial charge in [-0.05, 0) is 24.6 Å². The summed E-state index contributed by atoms with van der Waals surface area (Å²) in [6.07, 6.45) is 9.25. The lowest BCUT2D eigenvalue weighted by Gasteiger charge is -2.11. The summed E-state index contributed by atoms with van der Waals surface area (Å²) in [5.74, 6) is 1.02. The zero-order valence-electron chi connectivity index (χ0n) is 11.9. The molecule has 19 heavy (non-hydrogen) atoms. The molecule has 0 aliphatic rings. The van der Waals surface area contributed by atoms with Crippen LogP contribution in [0.15, 0.2) is 33.6 Å². The Bertz CT molecular complexity index is 343. The number of hydrogen-bond acceptors (Lipinski definition) is 2. The van der Waals surface area contributed by atoms with Crippen molar-refractivity contribution in [1.29, 1.82) is 0 Å². The summed E-state index contributed by atoms with van der Waals surface area (Å²) in [7, 11) is 0. The lowest BCUT2D eigenvalue weighted by atomic mass is 10.1. The number of halogens is 1. The van der Waals surface area contributed by atoms with Gasteiger partial charge in [0.1, 0.15) is 0 Å². The average molecular weight is 344 g/mol. The van der Waals surface area contributed by atoms with Crippen LogP contribution in [0.5, 0.6) is 0 Å². The van der Waals surface area contributed by atoms with Crippen molar-refractivity contribution in [1.82, 2.24) is 0 Å². The van der Waals surface area contributed by atoms with E-state index in [2.05, 4.69) is 47.1 Å². The van der Waals surface area contributed by atoms with E-state index in [1.54, 1.807) is 0 Å². The second kappa shape index (κ2) is 10.8. The molecular formula is C16H26BrNS. The first-order chi connectivity index (χ1) is 9.22. The Balaban J connectivity index is 2.06.